The van der Waals surface area contributed by atoms with Crippen LogP contribution in [0.5, 0.6) is 0 Å². The van der Waals surface area contributed by atoms with Gasteiger partial charge in [-0.1, -0.05) is 42.3 Å². The van der Waals surface area contributed by atoms with Crippen LogP contribution in [0.25, 0.3) is 5.65 Å². The minimum absolute atomic E-state index is 0.0778. The van der Waals surface area contributed by atoms with Crippen LogP contribution in [0.2, 0.25) is 0 Å². The highest BCUT2D eigenvalue weighted by Crippen LogP contribution is 2.28. The van der Waals surface area contributed by atoms with Crippen molar-refractivity contribution in [2.75, 3.05) is 0 Å². The Morgan fingerprint density at radius 1 is 1.33 bits per heavy atom. The standard InChI is InChI=1S/C19H21N5O2S/c1-13-5-4-8-15(11-13)27-18-17-22-24(19(26)23(17)10-9-20-18)12-16(25)21-14-6-2-3-7-14/h4-5,8-11,14H,2-3,6-7,12H2,1H3,(H,21,25). The molecule has 3 aromatic rings. The highest BCUT2D eigenvalue weighted by Gasteiger charge is 2.19. The van der Waals surface area contributed by atoms with Gasteiger partial charge in [0.25, 0.3) is 0 Å². The minimum atomic E-state index is -0.333. The van der Waals surface area contributed by atoms with Crippen LogP contribution in [-0.2, 0) is 11.3 Å². The second-order valence-corrected chi connectivity index (χ2v) is 7.90. The fourth-order valence-electron chi connectivity index (χ4n) is 3.37. The van der Waals surface area contributed by atoms with E-state index >= 15 is 0 Å². The maximum atomic E-state index is 12.6. The lowest BCUT2D eigenvalue weighted by Gasteiger charge is -2.10. The number of aromatic nitrogens is 4. The average Bonchev–Trinajstić information content (AvgIpc) is 3.25. The van der Waals surface area contributed by atoms with Crippen LogP contribution in [0.3, 0.4) is 0 Å². The molecule has 0 spiro atoms. The third-order valence-electron chi connectivity index (χ3n) is 4.69. The first-order valence-electron chi connectivity index (χ1n) is 9.08. The Labute approximate surface area is 160 Å². The first-order valence-corrected chi connectivity index (χ1v) is 9.90. The summed E-state index contributed by atoms with van der Waals surface area (Å²) in [5.41, 5.74) is 1.28. The first kappa shape index (κ1) is 17.8. The molecule has 7 nitrogen and oxygen atoms in total. The molecule has 0 atom stereocenters. The Balaban J connectivity index is 1.59. The van der Waals surface area contributed by atoms with Gasteiger partial charge in [0, 0.05) is 23.3 Å². The molecule has 1 aliphatic carbocycles. The van der Waals surface area contributed by atoms with Crippen LogP contribution in [0.15, 0.2) is 51.4 Å². The number of carbonyl (C=O) groups excluding carboxylic acids is 1. The lowest BCUT2D eigenvalue weighted by atomic mass is 10.2. The Morgan fingerprint density at radius 2 is 2.15 bits per heavy atom. The number of nitrogens with zero attached hydrogens (tertiary/aromatic N) is 4. The van der Waals surface area contributed by atoms with Crippen molar-refractivity contribution in [1.82, 2.24) is 24.5 Å². The van der Waals surface area contributed by atoms with Gasteiger partial charge in [-0.25, -0.2) is 18.9 Å². The van der Waals surface area contributed by atoms with E-state index in [0.29, 0.717) is 10.7 Å². The number of nitrogens with one attached hydrogen (secondary N) is 1. The van der Waals surface area contributed by atoms with Gasteiger partial charge in [-0.2, -0.15) is 0 Å². The molecule has 4 rings (SSSR count). The molecule has 1 aliphatic rings. The summed E-state index contributed by atoms with van der Waals surface area (Å²) in [6.07, 6.45) is 7.46. The summed E-state index contributed by atoms with van der Waals surface area (Å²) in [6, 6.07) is 8.28. The molecule has 8 heteroatoms. The van der Waals surface area contributed by atoms with Gasteiger partial charge in [-0.3, -0.25) is 4.79 Å². The number of benzene rings is 1. The lowest BCUT2D eigenvalue weighted by Crippen LogP contribution is -2.37. The van der Waals surface area contributed by atoms with Crippen LogP contribution in [0, 0.1) is 6.92 Å². The van der Waals surface area contributed by atoms with Crippen molar-refractivity contribution in [3.05, 3.63) is 52.7 Å². The molecule has 1 amide bonds. The van der Waals surface area contributed by atoms with Crippen molar-refractivity contribution in [2.45, 2.75) is 55.1 Å². The molecule has 2 aromatic heterocycles. The summed E-state index contributed by atoms with van der Waals surface area (Å²) in [4.78, 5) is 30.3. The van der Waals surface area contributed by atoms with Crippen LogP contribution in [0.1, 0.15) is 31.2 Å². The van der Waals surface area contributed by atoms with Gasteiger partial charge in [0.05, 0.1) is 0 Å². The molecule has 2 heterocycles. The molecule has 1 N–H and O–H groups in total. The Kier molecular flexibility index (Phi) is 4.98. The molecule has 140 valence electrons. The normalized spacial score (nSPS) is 14.7. The van der Waals surface area contributed by atoms with E-state index in [1.165, 1.54) is 20.8 Å². The number of amides is 1. The van der Waals surface area contributed by atoms with Gasteiger partial charge in [0.1, 0.15) is 11.6 Å². The molecule has 1 saturated carbocycles. The van der Waals surface area contributed by atoms with Crippen molar-refractivity contribution in [2.24, 2.45) is 0 Å². The fourth-order valence-corrected chi connectivity index (χ4v) is 4.33. The predicted octanol–water partition coefficient (Wildman–Crippen LogP) is 2.41. The summed E-state index contributed by atoms with van der Waals surface area (Å²) < 4.78 is 2.65. The highest BCUT2D eigenvalue weighted by molar-refractivity contribution is 7.99. The molecular formula is C19H21N5O2S. The van der Waals surface area contributed by atoms with Crippen molar-refractivity contribution in [3.63, 3.8) is 0 Å². The maximum absolute atomic E-state index is 12.6. The van der Waals surface area contributed by atoms with E-state index in [4.69, 9.17) is 0 Å². The van der Waals surface area contributed by atoms with E-state index in [-0.39, 0.29) is 24.2 Å². The van der Waals surface area contributed by atoms with Gasteiger partial charge in [0.15, 0.2) is 5.65 Å². The van der Waals surface area contributed by atoms with E-state index in [1.807, 2.05) is 25.1 Å². The molecule has 0 radical (unpaired) electrons. The van der Waals surface area contributed by atoms with Crippen molar-refractivity contribution < 1.29 is 4.79 Å². The largest absolute Gasteiger partial charge is 0.352 e. The van der Waals surface area contributed by atoms with Crippen molar-refractivity contribution in [3.8, 4) is 0 Å². The zero-order chi connectivity index (χ0) is 18.8. The number of fused-ring (bicyclic) bond motifs is 1. The maximum Gasteiger partial charge on any atom is 0.350 e. The first-order chi connectivity index (χ1) is 13.1. The van der Waals surface area contributed by atoms with E-state index in [0.717, 1.165) is 36.1 Å². The molecular weight excluding hydrogens is 362 g/mol. The fraction of sp³-hybridized carbons (Fsp3) is 0.368. The van der Waals surface area contributed by atoms with Gasteiger partial charge in [-0.05, 0) is 31.9 Å². The SMILES string of the molecule is Cc1cccc(Sc2nccn3c(=O)n(CC(=O)NC4CCCC4)nc23)c1. The minimum Gasteiger partial charge on any atom is -0.352 e. The average molecular weight is 383 g/mol. The topological polar surface area (TPSA) is 81.3 Å². The number of rotatable bonds is 5. The van der Waals surface area contributed by atoms with E-state index in [2.05, 4.69) is 21.5 Å². The van der Waals surface area contributed by atoms with Gasteiger partial charge in [-0.15, -0.1) is 5.10 Å². The predicted molar refractivity (Wildman–Crippen MR) is 103 cm³/mol. The van der Waals surface area contributed by atoms with Gasteiger partial charge in [0.2, 0.25) is 5.91 Å². The third-order valence-corrected chi connectivity index (χ3v) is 5.66. The van der Waals surface area contributed by atoms with Gasteiger partial charge < -0.3 is 5.32 Å². The summed E-state index contributed by atoms with van der Waals surface area (Å²) in [7, 11) is 0. The van der Waals surface area contributed by atoms with E-state index in [9.17, 15) is 9.59 Å². The van der Waals surface area contributed by atoms with E-state index in [1.54, 1.807) is 12.4 Å². The molecule has 0 unspecified atom stereocenters. The smallest absolute Gasteiger partial charge is 0.350 e. The van der Waals surface area contributed by atoms with Crippen LogP contribution >= 0.6 is 11.8 Å². The van der Waals surface area contributed by atoms with Crippen LogP contribution < -0.4 is 11.0 Å². The number of hydrogen-bond donors (Lipinski definition) is 1. The monoisotopic (exact) mass is 383 g/mol. The molecule has 0 saturated heterocycles. The van der Waals surface area contributed by atoms with E-state index < -0.39 is 0 Å². The second-order valence-electron chi connectivity index (χ2n) is 6.83. The molecule has 1 fully saturated rings. The van der Waals surface area contributed by atoms with Crippen molar-refractivity contribution in [1.29, 1.82) is 0 Å². The zero-order valence-corrected chi connectivity index (χ0v) is 15.9. The quantitative estimate of drug-likeness (QED) is 0.732. The summed E-state index contributed by atoms with van der Waals surface area (Å²) in [5.74, 6) is -0.173. The molecule has 1 aromatic carbocycles. The summed E-state index contributed by atoms with van der Waals surface area (Å²) >= 11 is 1.45. The summed E-state index contributed by atoms with van der Waals surface area (Å²) in [5, 5.41) is 7.99. The molecule has 0 bridgehead atoms. The van der Waals surface area contributed by atoms with Crippen LogP contribution in [-0.4, -0.2) is 31.1 Å². The molecule has 0 aliphatic heterocycles. The van der Waals surface area contributed by atoms with Crippen molar-refractivity contribution >= 4 is 23.3 Å². The number of aryl methyl sites for hydroxylation is 1. The number of hydrogen-bond acceptors (Lipinski definition) is 5. The zero-order valence-electron chi connectivity index (χ0n) is 15.1. The Bertz CT molecular complexity index is 1040. The molecule has 27 heavy (non-hydrogen) atoms. The second kappa shape index (κ2) is 7.56. The third kappa shape index (κ3) is 3.90. The number of carbonyl (C=O) groups is 1. The van der Waals surface area contributed by atoms with Gasteiger partial charge >= 0.3 is 5.69 Å². The lowest BCUT2D eigenvalue weighted by molar-refractivity contribution is -0.122. The Morgan fingerprint density at radius 3 is 2.93 bits per heavy atom. The van der Waals surface area contributed by atoms with Crippen LogP contribution in [0.4, 0.5) is 0 Å². The highest BCUT2D eigenvalue weighted by atomic mass is 32.2. The summed E-state index contributed by atoms with van der Waals surface area (Å²) in [6.45, 7) is 1.95. The Hall–Kier alpha value is -2.61.